The molecule has 0 aromatic carbocycles. The lowest BCUT2D eigenvalue weighted by atomic mass is 9.95. The molecule has 9 nitrogen and oxygen atoms in total. The first-order chi connectivity index (χ1) is 13.4. The second-order valence-electron chi connectivity index (χ2n) is 7.60. The normalized spacial score (nSPS) is 20.9. The molecule has 3 heterocycles. The van der Waals surface area contributed by atoms with Crippen molar-refractivity contribution >= 4 is 15.9 Å². The Kier molecular flexibility index (Phi) is 5.82. The van der Waals surface area contributed by atoms with Gasteiger partial charge in [-0.2, -0.15) is 13.2 Å². The number of aromatic nitrogens is 3. The van der Waals surface area contributed by atoms with Crippen molar-refractivity contribution in [1.29, 1.82) is 0 Å². The van der Waals surface area contributed by atoms with E-state index in [1.54, 1.807) is 4.90 Å². The maximum Gasteiger partial charge on any atom is 0.451 e. The van der Waals surface area contributed by atoms with Gasteiger partial charge in [-0.15, -0.1) is 5.10 Å². The van der Waals surface area contributed by atoms with Gasteiger partial charge in [-0.05, 0) is 25.7 Å². The van der Waals surface area contributed by atoms with Crippen LogP contribution in [0.4, 0.5) is 13.2 Å². The highest BCUT2D eigenvalue weighted by Crippen LogP contribution is 2.29. The number of amides is 1. The maximum atomic E-state index is 13.0. The lowest BCUT2D eigenvalue weighted by Gasteiger charge is -2.36. The summed E-state index contributed by atoms with van der Waals surface area (Å²) in [6.45, 7) is 1.24. The van der Waals surface area contributed by atoms with Gasteiger partial charge in [0, 0.05) is 39.1 Å². The fourth-order valence-corrected chi connectivity index (χ4v) is 4.84. The van der Waals surface area contributed by atoms with Crippen molar-refractivity contribution in [2.75, 3.05) is 32.4 Å². The Bertz CT molecular complexity index is 923. The van der Waals surface area contributed by atoms with Crippen LogP contribution in [0.2, 0.25) is 0 Å². The molecule has 2 aliphatic heterocycles. The quantitative estimate of drug-likeness (QED) is 0.681. The number of carbonyl (C=O) groups excluding carboxylic acids is 1. The topological polar surface area (TPSA) is 97.5 Å². The third-order valence-corrected chi connectivity index (χ3v) is 6.95. The number of hydrogen-bond donors (Lipinski definition) is 0. The first-order valence-electron chi connectivity index (χ1n) is 9.36. The average Bonchev–Trinajstić information content (AvgIpc) is 2.96. The van der Waals surface area contributed by atoms with Crippen LogP contribution in [0.5, 0.6) is 0 Å². The minimum atomic E-state index is -4.71. The number of nitrogens with zero attached hydrogens (tertiary/aromatic N) is 5. The zero-order chi connectivity index (χ0) is 21.6. The zero-order valence-electron chi connectivity index (χ0n) is 16.2. The molecule has 2 aliphatic rings. The van der Waals surface area contributed by atoms with Gasteiger partial charge in [0.15, 0.2) is 0 Å². The molecule has 29 heavy (non-hydrogen) atoms. The molecule has 13 heteroatoms. The molecule has 2 fully saturated rings. The third-order valence-electron chi connectivity index (χ3n) is 5.65. The standard InChI is InChI=1S/C16H24F3N5O4S/c1-21-14(16(17,18)19)20-24(15(21)26)12-5-7-22(8-6-12)13(25)11-3-9-23(10-4-11)29(2,27)28/h11-12H,3-10H2,1-2H3. The van der Waals surface area contributed by atoms with Crippen molar-refractivity contribution in [1.82, 2.24) is 23.6 Å². The number of halogens is 3. The van der Waals surface area contributed by atoms with E-state index < -0.39 is 33.8 Å². The van der Waals surface area contributed by atoms with E-state index in [1.807, 2.05) is 0 Å². The molecule has 0 spiro atoms. The SMILES string of the molecule is Cn1c(C(F)(F)F)nn(C2CCN(C(=O)C3CCN(S(C)(=O)=O)CC3)CC2)c1=O. The highest BCUT2D eigenvalue weighted by Gasteiger charge is 2.39. The van der Waals surface area contributed by atoms with Crippen LogP contribution in [0.15, 0.2) is 4.79 Å². The van der Waals surface area contributed by atoms with Gasteiger partial charge in [0.05, 0.1) is 12.3 Å². The average molecular weight is 439 g/mol. The first-order valence-corrected chi connectivity index (χ1v) is 11.2. The molecule has 0 saturated carbocycles. The largest absolute Gasteiger partial charge is 0.451 e. The number of likely N-dealkylation sites (tertiary alicyclic amines) is 1. The molecule has 0 aliphatic carbocycles. The van der Waals surface area contributed by atoms with Crippen LogP contribution in [-0.2, 0) is 28.0 Å². The number of rotatable bonds is 3. The van der Waals surface area contributed by atoms with E-state index in [4.69, 9.17) is 0 Å². The second kappa shape index (κ2) is 7.74. The van der Waals surface area contributed by atoms with E-state index in [0.717, 1.165) is 18.0 Å². The number of alkyl halides is 3. The van der Waals surface area contributed by atoms with Crippen LogP contribution >= 0.6 is 0 Å². The summed E-state index contributed by atoms with van der Waals surface area (Å²) >= 11 is 0. The van der Waals surface area contributed by atoms with E-state index >= 15 is 0 Å². The summed E-state index contributed by atoms with van der Waals surface area (Å²) in [5.41, 5.74) is -0.824. The minimum absolute atomic E-state index is 0.0686. The summed E-state index contributed by atoms with van der Waals surface area (Å²) in [4.78, 5) is 26.5. The number of hydrogen-bond acceptors (Lipinski definition) is 5. The van der Waals surface area contributed by atoms with Gasteiger partial charge in [-0.1, -0.05) is 0 Å². The molecule has 2 saturated heterocycles. The lowest BCUT2D eigenvalue weighted by molar-refractivity contribution is -0.147. The van der Waals surface area contributed by atoms with Crippen LogP contribution in [0.3, 0.4) is 0 Å². The molecule has 0 radical (unpaired) electrons. The first kappa shape index (κ1) is 21.8. The lowest BCUT2D eigenvalue weighted by Crippen LogP contribution is -2.47. The van der Waals surface area contributed by atoms with Crippen molar-refractivity contribution in [2.45, 2.75) is 37.9 Å². The van der Waals surface area contributed by atoms with Crippen LogP contribution < -0.4 is 5.69 Å². The Balaban J connectivity index is 1.60. The monoisotopic (exact) mass is 439 g/mol. The van der Waals surface area contributed by atoms with Gasteiger partial charge < -0.3 is 4.90 Å². The van der Waals surface area contributed by atoms with Gasteiger partial charge in [-0.25, -0.2) is 22.2 Å². The molecule has 164 valence electrons. The van der Waals surface area contributed by atoms with Crippen molar-refractivity contribution in [3.05, 3.63) is 16.3 Å². The van der Waals surface area contributed by atoms with E-state index in [-0.39, 0.29) is 11.8 Å². The summed E-state index contributed by atoms with van der Waals surface area (Å²) in [5, 5.41) is 3.47. The fraction of sp³-hybridized carbons (Fsp3) is 0.812. The molecular weight excluding hydrogens is 415 g/mol. The van der Waals surface area contributed by atoms with E-state index in [2.05, 4.69) is 5.10 Å². The second-order valence-corrected chi connectivity index (χ2v) is 9.58. The molecular formula is C16H24F3N5O4S. The van der Waals surface area contributed by atoms with Crippen LogP contribution in [0.1, 0.15) is 37.5 Å². The van der Waals surface area contributed by atoms with Gasteiger partial charge >= 0.3 is 11.9 Å². The zero-order valence-corrected chi connectivity index (χ0v) is 17.0. The highest BCUT2D eigenvalue weighted by molar-refractivity contribution is 7.88. The summed E-state index contributed by atoms with van der Waals surface area (Å²) in [6.07, 6.45) is -2.01. The van der Waals surface area contributed by atoms with Crippen molar-refractivity contribution < 1.29 is 26.4 Å². The molecule has 0 bridgehead atoms. The Labute approximate surface area is 166 Å². The van der Waals surface area contributed by atoms with Gasteiger partial charge in [-0.3, -0.25) is 9.36 Å². The Morgan fingerprint density at radius 1 is 1.07 bits per heavy atom. The minimum Gasteiger partial charge on any atom is -0.342 e. The van der Waals surface area contributed by atoms with Gasteiger partial charge in [0.1, 0.15) is 0 Å². The molecule has 3 rings (SSSR count). The number of carbonyl (C=O) groups is 1. The highest BCUT2D eigenvalue weighted by atomic mass is 32.2. The predicted octanol–water partition coefficient (Wildman–Crippen LogP) is 0.436. The summed E-state index contributed by atoms with van der Waals surface area (Å²) in [5.74, 6) is -1.57. The van der Waals surface area contributed by atoms with E-state index in [9.17, 15) is 31.2 Å². The molecule has 1 amide bonds. The molecule has 1 aromatic rings. The number of sulfonamides is 1. The Hall–Kier alpha value is -1.89. The van der Waals surface area contributed by atoms with Crippen LogP contribution in [0, 0.1) is 5.92 Å². The molecule has 0 unspecified atom stereocenters. The van der Waals surface area contributed by atoms with Crippen LogP contribution in [-0.4, -0.2) is 70.3 Å². The van der Waals surface area contributed by atoms with Gasteiger partial charge in [0.2, 0.25) is 21.8 Å². The smallest absolute Gasteiger partial charge is 0.342 e. The molecule has 0 N–H and O–H groups in total. The van der Waals surface area contributed by atoms with E-state index in [0.29, 0.717) is 56.4 Å². The Morgan fingerprint density at radius 3 is 2.07 bits per heavy atom. The van der Waals surface area contributed by atoms with Crippen LogP contribution in [0.25, 0.3) is 0 Å². The third kappa shape index (κ3) is 4.49. The maximum absolute atomic E-state index is 13.0. The fourth-order valence-electron chi connectivity index (χ4n) is 3.96. The summed E-state index contributed by atoms with van der Waals surface area (Å²) in [7, 11) is -2.23. The summed E-state index contributed by atoms with van der Waals surface area (Å²) in [6, 6.07) is -0.499. The van der Waals surface area contributed by atoms with Gasteiger partial charge in [0.25, 0.3) is 0 Å². The number of piperidine rings is 2. The Morgan fingerprint density at radius 2 is 1.62 bits per heavy atom. The predicted molar refractivity (Wildman–Crippen MR) is 96.5 cm³/mol. The van der Waals surface area contributed by atoms with Crippen molar-refractivity contribution in [3.8, 4) is 0 Å². The van der Waals surface area contributed by atoms with Crippen molar-refractivity contribution in [3.63, 3.8) is 0 Å². The summed E-state index contributed by atoms with van der Waals surface area (Å²) < 4.78 is 64.7. The van der Waals surface area contributed by atoms with Crippen molar-refractivity contribution in [2.24, 2.45) is 13.0 Å². The molecule has 1 aromatic heterocycles. The van der Waals surface area contributed by atoms with E-state index in [1.165, 1.54) is 4.31 Å². The molecule has 0 atom stereocenters.